The van der Waals surface area contributed by atoms with Gasteiger partial charge in [0, 0.05) is 10.7 Å². The van der Waals surface area contributed by atoms with Gasteiger partial charge in [-0.2, -0.15) is 5.10 Å². The Morgan fingerprint density at radius 3 is 3.08 bits per heavy atom. The summed E-state index contributed by atoms with van der Waals surface area (Å²) in [5.74, 6) is 0.705. The van der Waals surface area contributed by atoms with Crippen LogP contribution in [0.3, 0.4) is 0 Å². The number of rotatable bonds is 1. The predicted octanol–water partition coefficient (Wildman–Crippen LogP) is 2.76. The molecule has 0 bridgehead atoms. The Balaban J connectivity index is 2.85. The number of hydrogen-bond donors (Lipinski definition) is 0. The lowest BCUT2D eigenvalue weighted by Crippen LogP contribution is -1.91. The Bertz CT molecular complexity index is 455. The van der Waals surface area contributed by atoms with E-state index in [1.165, 1.54) is 0 Å². The highest BCUT2D eigenvalue weighted by Gasteiger charge is 2.08. The monoisotopic (exact) mass is 260 g/mol. The second kappa shape index (κ2) is 3.20. The lowest BCUT2D eigenvalue weighted by atomic mass is 10.4. The van der Waals surface area contributed by atoms with Gasteiger partial charge in [0.25, 0.3) is 0 Å². The summed E-state index contributed by atoms with van der Waals surface area (Å²) in [5, 5.41) is 4.65. The number of fused-ring (bicyclic) bond motifs is 1. The molecule has 0 N–H and O–H groups in total. The highest BCUT2D eigenvalue weighted by Crippen LogP contribution is 2.29. The average Bonchev–Trinajstić information content (AvgIpc) is 2.46. The lowest BCUT2D eigenvalue weighted by molar-refractivity contribution is 0.417. The SMILES string of the molecule is COc1cc(Br)cn2ncc(Cl)c12. The van der Waals surface area contributed by atoms with Gasteiger partial charge < -0.3 is 4.74 Å². The summed E-state index contributed by atoms with van der Waals surface area (Å²) in [6.07, 6.45) is 3.41. The fraction of sp³-hybridized carbons (Fsp3) is 0.125. The van der Waals surface area contributed by atoms with Crippen LogP contribution in [-0.4, -0.2) is 16.7 Å². The molecule has 13 heavy (non-hydrogen) atoms. The summed E-state index contributed by atoms with van der Waals surface area (Å²) in [6, 6.07) is 1.85. The average molecular weight is 262 g/mol. The second-order valence-electron chi connectivity index (χ2n) is 2.51. The largest absolute Gasteiger partial charge is 0.494 e. The molecule has 2 rings (SSSR count). The van der Waals surface area contributed by atoms with Crippen molar-refractivity contribution in [2.24, 2.45) is 0 Å². The van der Waals surface area contributed by atoms with Gasteiger partial charge >= 0.3 is 0 Å². The van der Waals surface area contributed by atoms with Gasteiger partial charge in [-0.3, -0.25) is 0 Å². The van der Waals surface area contributed by atoms with Gasteiger partial charge in [-0.25, -0.2) is 4.52 Å². The minimum absolute atomic E-state index is 0.587. The molecule has 68 valence electrons. The number of nitrogens with zero attached hydrogens (tertiary/aromatic N) is 2. The van der Waals surface area contributed by atoms with Crippen LogP contribution in [0, 0.1) is 0 Å². The lowest BCUT2D eigenvalue weighted by Gasteiger charge is -2.03. The summed E-state index contributed by atoms with van der Waals surface area (Å²) < 4.78 is 7.74. The molecule has 2 heterocycles. The van der Waals surface area contributed by atoms with Gasteiger partial charge in [-0.05, 0) is 22.0 Å². The minimum Gasteiger partial charge on any atom is -0.494 e. The molecule has 0 spiro atoms. The van der Waals surface area contributed by atoms with E-state index in [4.69, 9.17) is 16.3 Å². The van der Waals surface area contributed by atoms with Gasteiger partial charge in [-0.1, -0.05) is 11.6 Å². The first kappa shape index (κ1) is 8.84. The van der Waals surface area contributed by atoms with Crippen molar-refractivity contribution in [2.45, 2.75) is 0 Å². The predicted molar refractivity (Wildman–Crippen MR) is 54.5 cm³/mol. The molecule has 0 aliphatic heterocycles. The number of methoxy groups -OCH3 is 1. The van der Waals surface area contributed by atoms with Crippen LogP contribution >= 0.6 is 27.5 Å². The molecule has 0 atom stereocenters. The quantitative estimate of drug-likeness (QED) is 0.789. The van der Waals surface area contributed by atoms with Crippen LogP contribution in [0.1, 0.15) is 0 Å². The minimum atomic E-state index is 0.587. The van der Waals surface area contributed by atoms with Crippen molar-refractivity contribution in [3.8, 4) is 5.75 Å². The number of hydrogen-bond acceptors (Lipinski definition) is 2. The second-order valence-corrected chi connectivity index (χ2v) is 3.84. The standard InChI is InChI=1S/C8H6BrClN2O/c1-13-7-2-5(9)4-12-8(7)6(10)3-11-12/h2-4H,1H3. The first-order valence-electron chi connectivity index (χ1n) is 3.59. The molecule has 5 heteroatoms. The molecule has 0 aliphatic carbocycles. The van der Waals surface area contributed by atoms with Crippen LogP contribution in [0.2, 0.25) is 5.02 Å². The molecule has 0 unspecified atom stereocenters. The fourth-order valence-corrected chi connectivity index (χ4v) is 1.80. The number of aromatic nitrogens is 2. The van der Waals surface area contributed by atoms with Crippen LogP contribution in [0.25, 0.3) is 5.52 Å². The number of halogens is 2. The Morgan fingerprint density at radius 1 is 1.62 bits per heavy atom. The molecular formula is C8H6BrClN2O. The zero-order chi connectivity index (χ0) is 9.42. The highest BCUT2D eigenvalue weighted by atomic mass is 79.9. The van der Waals surface area contributed by atoms with E-state index in [2.05, 4.69) is 21.0 Å². The topological polar surface area (TPSA) is 26.5 Å². The third-order valence-corrected chi connectivity index (χ3v) is 2.43. The Hall–Kier alpha value is -0.740. The highest BCUT2D eigenvalue weighted by molar-refractivity contribution is 9.10. The Kier molecular flexibility index (Phi) is 2.17. The molecule has 3 nitrogen and oxygen atoms in total. The first-order valence-corrected chi connectivity index (χ1v) is 4.76. The van der Waals surface area contributed by atoms with Gasteiger partial charge in [-0.15, -0.1) is 0 Å². The number of ether oxygens (including phenoxy) is 1. The van der Waals surface area contributed by atoms with E-state index in [-0.39, 0.29) is 0 Å². The summed E-state index contributed by atoms with van der Waals surface area (Å²) in [4.78, 5) is 0. The van der Waals surface area contributed by atoms with E-state index >= 15 is 0 Å². The van der Waals surface area contributed by atoms with E-state index in [0.717, 1.165) is 9.99 Å². The molecule has 0 saturated carbocycles. The maximum atomic E-state index is 5.93. The molecule has 0 aromatic carbocycles. The van der Waals surface area contributed by atoms with Gasteiger partial charge in [0.2, 0.25) is 0 Å². The van der Waals surface area contributed by atoms with Crippen LogP contribution in [0.4, 0.5) is 0 Å². The first-order chi connectivity index (χ1) is 6.22. The third-order valence-electron chi connectivity index (χ3n) is 1.72. The maximum absolute atomic E-state index is 5.93. The fourth-order valence-electron chi connectivity index (χ4n) is 1.17. The normalized spacial score (nSPS) is 10.7. The smallest absolute Gasteiger partial charge is 0.147 e. The molecule has 2 aromatic heterocycles. The molecule has 0 aliphatic rings. The Labute approximate surface area is 88.4 Å². The molecule has 0 saturated heterocycles. The van der Waals surface area contributed by atoms with E-state index < -0.39 is 0 Å². The van der Waals surface area contributed by atoms with Crippen molar-refractivity contribution < 1.29 is 4.74 Å². The van der Waals surface area contributed by atoms with Crippen LogP contribution in [-0.2, 0) is 0 Å². The summed E-state index contributed by atoms with van der Waals surface area (Å²) in [7, 11) is 1.60. The van der Waals surface area contributed by atoms with Gasteiger partial charge in [0.1, 0.15) is 11.3 Å². The summed E-state index contributed by atoms with van der Waals surface area (Å²) in [5.41, 5.74) is 0.785. The van der Waals surface area contributed by atoms with Crippen LogP contribution < -0.4 is 4.74 Å². The van der Waals surface area contributed by atoms with E-state index in [1.807, 2.05) is 12.3 Å². The third kappa shape index (κ3) is 1.40. The molecule has 0 fully saturated rings. The summed E-state index contributed by atoms with van der Waals surface area (Å²) >= 11 is 9.28. The van der Waals surface area contributed by atoms with Crippen LogP contribution in [0.15, 0.2) is 22.9 Å². The molecule has 0 radical (unpaired) electrons. The van der Waals surface area contributed by atoms with Crippen molar-refractivity contribution in [1.29, 1.82) is 0 Å². The van der Waals surface area contributed by atoms with E-state index in [9.17, 15) is 0 Å². The zero-order valence-electron chi connectivity index (χ0n) is 6.79. The van der Waals surface area contributed by atoms with Crippen molar-refractivity contribution in [2.75, 3.05) is 7.11 Å². The summed E-state index contributed by atoms with van der Waals surface area (Å²) in [6.45, 7) is 0. The van der Waals surface area contributed by atoms with Gasteiger partial charge in [0.05, 0.1) is 18.3 Å². The molecule has 2 aromatic rings. The van der Waals surface area contributed by atoms with Crippen molar-refractivity contribution >= 4 is 33.0 Å². The van der Waals surface area contributed by atoms with Crippen LogP contribution in [0.5, 0.6) is 5.75 Å². The molecular weight excluding hydrogens is 255 g/mol. The van der Waals surface area contributed by atoms with Crippen molar-refractivity contribution in [1.82, 2.24) is 9.61 Å². The van der Waals surface area contributed by atoms with E-state index in [1.54, 1.807) is 17.8 Å². The maximum Gasteiger partial charge on any atom is 0.147 e. The van der Waals surface area contributed by atoms with Gasteiger partial charge in [0.15, 0.2) is 0 Å². The molecule has 0 amide bonds. The van der Waals surface area contributed by atoms with Crippen molar-refractivity contribution in [3.63, 3.8) is 0 Å². The zero-order valence-corrected chi connectivity index (χ0v) is 9.13. The van der Waals surface area contributed by atoms with E-state index in [0.29, 0.717) is 10.8 Å². The number of pyridine rings is 1. The Morgan fingerprint density at radius 2 is 2.38 bits per heavy atom. The van der Waals surface area contributed by atoms with Crippen molar-refractivity contribution in [3.05, 3.63) is 28.0 Å².